The van der Waals surface area contributed by atoms with Crippen molar-refractivity contribution < 1.29 is 9.90 Å². The van der Waals surface area contributed by atoms with Crippen LogP contribution in [0.4, 0.5) is 5.69 Å². The van der Waals surface area contributed by atoms with Gasteiger partial charge in [0.05, 0.1) is 5.69 Å². The normalized spacial score (nSPS) is 11.7. The summed E-state index contributed by atoms with van der Waals surface area (Å²) in [6.45, 7) is 4.10. The van der Waals surface area contributed by atoms with E-state index in [9.17, 15) is 4.79 Å². The first kappa shape index (κ1) is 13.7. The van der Waals surface area contributed by atoms with E-state index >= 15 is 0 Å². The van der Waals surface area contributed by atoms with Crippen molar-refractivity contribution in [3.8, 4) is 0 Å². The molecule has 0 bridgehead atoms. The highest BCUT2D eigenvalue weighted by molar-refractivity contribution is 7.21. The van der Waals surface area contributed by atoms with Gasteiger partial charge in [0.2, 0.25) is 0 Å². The molecular weight excluding hydrogens is 264 g/mol. The maximum absolute atomic E-state index is 12.1. The van der Waals surface area contributed by atoms with Crippen LogP contribution < -0.4 is 11.1 Å². The van der Waals surface area contributed by atoms with E-state index in [0.717, 1.165) is 0 Å². The van der Waals surface area contributed by atoms with Crippen LogP contribution in [0.5, 0.6) is 0 Å². The monoisotopic (exact) mass is 280 g/mol. The van der Waals surface area contributed by atoms with Crippen molar-refractivity contribution in [2.45, 2.75) is 13.8 Å². The summed E-state index contributed by atoms with van der Waals surface area (Å²) in [5, 5.41) is 11.9. The molecule has 1 amide bonds. The fraction of sp³-hybridized carbons (Fsp3) is 0.417. The van der Waals surface area contributed by atoms with Gasteiger partial charge in [-0.1, -0.05) is 13.8 Å². The second-order valence-corrected chi connectivity index (χ2v) is 6.06. The number of aliphatic hydroxyl groups excluding tert-OH is 1. The number of anilines is 1. The molecule has 0 aromatic carbocycles. The number of nitrogen functional groups attached to an aromatic ring is 1. The summed E-state index contributed by atoms with van der Waals surface area (Å²) in [5.74, 6) is -0.260. The molecule has 0 atom stereocenters. The molecule has 0 spiro atoms. The summed E-state index contributed by atoms with van der Waals surface area (Å²) in [4.78, 5) is 21.4. The minimum atomic E-state index is -0.363. The Bertz CT molecular complexity index is 609. The van der Waals surface area contributed by atoms with Crippen molar-refractivity contribution in [3.63, 3.8) is 0 Å². The Labute approximate surface area is 114 Å². The van der Waals surface area contributed by atoms with Gasteiger partial charge in [0.15, 0.2) is 0 Å². The van der Waals surface area contributed by atoms with Crippen molar-refractivity contribution in [2.75, 3.05) is 18.9 Å². The zero-order chi connectivity index (χ0) is 14.0. The van der Waals surface area contributed by atoms with E-state index in [1.54, 1.807) is 12.4 Å². The summed E-state index contributed by atoms with van der Waals surface area (Å²) < 4.78 is 0. The lowest BCUT2D eigenvalue weighted by Crippen LogP contribution is -2.35. The number of nitrogens with zero attached hydrogens (tertiary/aromatic N) is 2. The Morgan fingerprint density at radius 1 is 1.47 bits per heavy atom. The van der Waals surface area contributed by atoms with Gasteiger partial charge in [-0.25, -0.2) is 9.97 Å². The highest BCUT2D eigenvalue weighted by Crippen LogP contribution is 2.30. The third-order valence-corrected chi connectivity index (χ3v) is 3.83. The fourth-order valence-electron chi connectivity index (χ4n) is 1.47. The van der Waals surface area contributed by atoms with Crippen LogP contribution in [0.15, 0.2) is 12.4 Å². The Morgan fingerprint density at radius 2 is 2.16 bits per heavy atom. The Kier molecular flexibility index (Phi) is 3.68. The van der Waals surface area contributed by atoms with E-state index in [-0.39, 0.29) is 17.9 Å². The lowest BCUT2D eigenvalue weighted by atomic mass is 9.95. The highest BCUT2D eigenvalue weighted by Gasteiger charge is 2.21. The first-order valence-corrected chi connectivity index (χ1v) is 6.64. The minimum absolute atomic E-state index is 0.00170. The average Bonchev–Trinajstić information content (AvgIpc) is 2.74. The second kappa shape index (κ2) is 5.10. The van der Waals surface area contributed by atoms with Crippen LogP contribution in [0.3, 0.4) is 0 Å². The fourth-order valence-corrected chi connectivity index (χ4v) is 2.41. The highest BCUT2D eigenvalue weighted by atomic mass is 32.1. The molecule has 102 valence electrons. The van der Waals surface area contributed by atoms with Crippen LogP contribution in [0.2, 0.25) is 0 Å². The maximum atomic E-state index is 12.1. The van der Waals surface area contributed by atoms with E-state index in [1.807, 2.05) is 13.8 Å². The van der Waals surface area contributed by atoms with Crippen LogP contribution >= 0.6 is 11.3 Å². The van der Waals surface area contributed by atoms with Gasteiger partial charge in [0, 0.05) is 31.0 Å². The van der Waals surface area contributed by atoms with Gasteiger partial charge in [0.25, 0.3) is 5.91 Å². The summed E-state index contributed by atoms with van der Waals surface area (Å²) in [6.07, 6.45) is 3.11. The molecule has 0 aliphatic carbocycles. The van der Waals surface area contributed by atoms with Crippen LogP contribution in [0, 0.1) is 5.41 Å². The third-order valence-electron chi connectivity index (χ3n) is 2.72. The Balaban J connectivity index is 2.20. The van der Waals surface area contributed by atoms with Crippen LogP contribution in [0.1, 0.15) is 23.5 Å². The number of nitrogens with two attached hydrogens (primary N) is 1. The lowest BCUT2D eigenvalue weighted by molar-refractivity contribution is 0.0916. The zero-order valence-corrected chi connectivity index (χ0v) is 11.6. The molecule has 2 aromatic heterocycles. The molecule has 7 heteroatoms. The smallest absolute Gasteiger partial charge is 0.263 e. The number of carbonyl (C=O) groups is 1. The summed E-state index contributed by atoms with van der Waals surface area (Å²) in [5.41, 5.74) is 6.45. The van der Waals surface area contributed by atoms with Gasteiger partial charge in [-0.3, -0.25) is 4.79 Å². The standard InChI is InChI=1S/C12H16N4O2S/c1-12(2,6-17)5-16-10(18)9-7(13)8-11(19-9)15-4-3-14-8/h3-4,17H,5-6,13H2,1-2H3,(H,16,18). The van der Waals surface area contributed by atoms with E-state index in [2.05, 4.69) is 15.3 Å². The number of aromatic nitrogens is 2. The van der Waals surface area contributed by atoms with Gasteiger partial charge in [-0.2, -0.15) is 0 Å². The number of hydrogen-bond donors (Lipinski definition) is 3. The molecule has 2 heterocycles. The van der Waals surface area contributed by atoms with Gasteiger partial charge in [0.1, 0.15) is 15.2 Å². The first-order valence-electron chi connectivity index (χ1n) is 5.82. The zero-order valence-electron chi connectivity index (χ0n) is 10.8. The summed E-state index contributed by atoms with van der Waals surface area (Å²) in [7, 11) is 0. The number of nitrogens with one attached hydrogen (secondary N) is 1. The van der Waals surface area contributed by atoms with E-state index < -0.39 is 0 Å². The molecule has 0 saturated heterocycles. The molecule has 19 heavy (non-hydrogen) atoms. The van der Waals surface area contributed by atoms with Gasteiger partial charge < -0.3 is 16.2 Å². The summed E-state index contributed by atoms with van der Waals surface area (Å²) >= 11 is 1.22. The summed E-state index contributed by atoms with van der Waals surface area (Å²) in [6, 6.07) is 0. The van der Waals surface area contributed by atoms with Crippen molar-refractivity contribution >= 4 is 33.3 Å². The maximum Gasteiger partial charge on any atom is 0.263 e. The van der Waals surface area contributed by atoms with E-state index in [1.165, 1.54) is 11.3 Å². The van der Waals surface area contributed by atoms with E-state index in [0.29, 0.717) is 27.5 Å². The van der Waals surface area contributed by atoms with Crippen LogP contribution in [0.25, 0.3) is 10.3 Å². The molecule has 6 nitrogen and oxygen atoms in total. The van der Waals surface area contributed by atoms with Crippen LogP contribution in [-0.2, 0) is 0 Å². The number of rotatable bonds is 4. The predicted molar refractivity (Wildman–Crippen MR) is 75.0 cm³/mol. The average molecular weight is 280 g/mol. The number of hydrogen-bond acceptors (Lipinski definition) is 6. The van der Waals surface area contributed by atoms with Crippen molar-refractivity contribution in [3.05, 3.63) is 17.3 Å². The first-order chi connectivity index (χ1) is 8.94. The number of carbonyl (C=O) groups excluding carboxylic acids is 1. The predicted octanol–water partition coefficient (Wildman–Crippen LogP) is 1.02. The molecular formula is C12H16N4O2S. The Morgan fingerprint density at radius 3 is 2.79 bits per heavy atom. The lowest BCUT2D eigenvalue weighted by Gasteiger charge is -2.21. The number of amides is 1. The molecule has 0 fully saturated rings. The van der Waals surface area contributed by atoms with Crippen molar-refractivity contribution in [2.24, 2.45) is 5.41 Å². The topological polar surface area (TPSA) is 101 Å². The molecule has 2 aromatic rings. The Hall–Kier alpha value is -1.73. The van der Waals surface area contributed by atoms with Gasteiger partial charge in [-0.05, 0) is 0 Å². The molecule has 0 radical (unpaired) electrons. The van der Waals surface area contributed by atoms with Gasteiger partial charge >= 0.3 is 0 Å². The molecule has 0 saturated carbocycles. The van der Waals surface area contributed by atoms with E-state index in [4.69, 9.17) is 10.8 Å². The molecule has 0 unspecified atom stereocenters. The quantitative estimate of drug-likeness (QED) is 0.776. The SMILES string of the molecule is CC(C)(CO)CNC(=O)c1sc2nccnc2c1N. The molecule has 0 aliphatic rings. The van der Waals surface area contributed by atoms with Crippen molar-refractivity contribution in [1.82, 2.24) is 15.3 Å². The molecule has 2 rings (SSSR count). The van der Waals surface area contributed by atoms with Gasteiger partial charge in [-0.15, -0.1) is 11.3 Å². The number of aliphatic hydroxyl groups is 1. The minimum Gasteiger partial charge on any atom is -0.396 e. The second-order valence-electron chi connectivity index (χ2n) is 5.06. The van der Waals surface area contributed by atoms with Crippen LogP contribution in [-0.4, -0.2) is 34.1 Å². The largest absolute Gasteiger partial charge is 0.396 e. The molecule has 4 N–H and O–H groups in total. The number of thiophene rings is 1. The third kappa shape index (κ3) is 2.82. The number of fused-ring (bicyclic) bond motifs is 1. The molecule has 0 aliphatic heterocycles. The van der Waals surface area contributed by atoms with Crippen molar-refractivity contribution in [1.29, 1.82) is 0 Å².